The van der Waals surface area contributed by atoms with Gasteiger partial charge in [-0.05, 0) is 12.1 Å². The largest absolute Gasteiger partial charge is 0.275 e. The third-order valence-corrected chi connectivity index (χ3v) is 4.25. The zero-order valence-electron chi connectivity index (χ0n) is 12.3. The maximum atomic E-state index is 10.6. The molecule has 1 amide bonds. The van der Waals surface area contributed by atoms with E-state index in [1.165, 1.54) is 18.0 Å². The maximum Gasteiger partial charge on any atom is 0.245 e. The Labute approximate surface area is 153 Å². The van der Waals surface area contributed by atoms with Crippen LogP contribution in [0.15, 0.2) is 18.3 Å². The van der Waals surface area contributed by atoms with Crippen molar-refractivity contribution in [2.75, 3.05) is 7.11 Å². The van der Waals surface area contributed by atoms with E-state index in [0.717, 1.165) is 5.06 Å². The van der Waals surface area contributed by atoms with Crippen LogP contribution in [0.3, 0.4) is 0 Å². The van der Waals surface area contributed by atoms with Crippen LogP contribution in [-0.2, 0) is 16.1 Å². The van der Waals surface area contributed by atoms with Crippen molar-refractivity contribution in [3.63, 3.8) is 0 Å². The summed E-state index contributed by atoms with van der Waals surface area (Å²) in [5.41, 5.74) is 1.28. The van der Waals surface area contributed by atoms with E-state index in [0.29, 0.717) is 28.4 Å². The number of halogens is 3. The molecule has 24 heavy (non-hydrogen) atoms. The zero-order valence-corrected chi connectivity index (χ0v) is 14.5. The summed E-state index contributed by atoms with van der Waals surface area (Å²) in [6.45, 7) is 0. The van der Waals surface area contributed by atoms with E-state index in [1.807, 2.05) is 6.07 Å². The van der Waals surface area contributed by atoms with Crippen molar-refractivity contribution in [2.45, 2.75) is 6.42 Å². The van der Waals surface area contributed by atoms with Crippen molar-refractivity contribution in [1.29, 1.82) is 5.26 Å². The molecule has 0 radical (unpaired) electrons. The van der Waals surface area contributed by atoms with E-state index in [4.69, 9.17) is 34.8 Å². The van der Waals surface area contributed by atoms with Gasteiger partial charge in [0.25, 0.3) is 0 Å². The first-order chi connectivity index (χ1) is 11.5. The summed E-state index contributed by atoms with van der Waals surface area (Å²) in [5, 5.41) is 14.9. The molecule has 6 nitrogen and oxygen atoms in total. The minimum absolute atomic E-state index is 0.132. The van der Waals surface area contributed by atoms with Crippen LogP contribution in [0.2, 0.25) is 15.1 Å². The summed E-state index contributed by atoms with van der Waals surface area (Å²) in [5.74, 6) is 2.73. The van der Waals surface area contributed by atoms with E-state index in [9.17, 15) is 10.1 Å². The molecule has 0 aliphatic heterocycles. The monoisotopic (exact) mass is 382 g/mol. The molecule has 1 aromatic heterocycles. The van der Waals surface area contributed by atoms with Crippen LogP contribution >= 0.6 is 34.8 Å². The van der Waals surface area contributed by atoms with Gasteiger partial charge >= 0.3 is 0 Å². The van der Waals surface area contributed by atoms with Crippen molar-refractivity contribution in [3.05, 3.63) is 44.7 Å². The molecule has 0 saturated carbocycles. The van der Waals surface area contributed by atoms with Crippen molar-refractivity contribution in [3.8, 4) is 23.7 Å². The molecule has 9 heteroatoms. The third kappa shape index (κ3) is 3.64. The van der Waals surface area contributed by atoms with Gasteiger partial charge in [0.1, 0.15) is 6.07 Å². The van der Waals surface area contributed by atoms with Gasteiger partial charge in [0.05, 0.1) is 51.7 Å². The van der Waals surface area contributed by atoms with Gasteiger partial charge in [-0.1, -0.05) is 40.7 Å². The predicted octanol–water partition coefficient (Wildman–Crippen LogP) is 3.23. The highest BCUT2D eigenvalue weighted by atomic mass is 35.5. The van der Waals surface area contributed by atoms with Crippen LogP contribution in [-0.4, -0.2) is 28.4 Å². The fraction of sp³-hybridized carbons (Fsp3) is 0.133. The summed E-state index contributed by atoms with van der Waals surface area (Å²) < 4.78 is 1.45. The molecule has 1 aromatic carbocycles. The Hall–Kier alpha value is -2.22. The summed E-state index contributed by atoms with van der Waals surface area (Å²) in [7, 11) is 1.31. The SMILES string of the molecule is CON(C#CCc1c(C#N)cnn1-c1ccc(Cl)c(Cl)c1Cl)C=O. The van der Waals surface area contributed by atoms with Crippen molar-refractivity contribution in [2.24, 2.45) is 0 Å². The van der Waals surface area contributed by atoms with Crippen LogP contribution in [0.4, 0.5) is 0 Å². The number of amides is 1. The van der Waals surface area contributed by atoms with Crippen LogP contribution in [0, 0.1) is 23.3 Å². The minimum atomic E-state index is 0.132. The van der Waals surface area contributed by atoms with Gasteiger partial charge in [0, 0.05) is 6.04 Å². The number of carbonyl (C=O) groups excluding carboxylic acids is 1. The van der Waals surface area contributed by atoms with Gasteiger partial charge < -0.3 is 0 Å². The Balaban J connectivity index is 2.47. The molecule has 0 fully saturated rings. The fourth-order valence-electron chi connectivity index (χ4n) is 1.84. The summed E-state index contributed by atoms with van der Waals surface area (Å²) in [4.78, 5) is 15.3. The molecule has 0 bridgehead atoms. The molecule has 0 saturated heterocycles. The molecular weight excluding hydrogens is 375 g/mol. The summed E-state index contributed by atoms with van der Waals surface area (Å²) in [6.07, 6.45) is 1.95. The van der Waals surface area contributed by atoms with Crippen LogP contribution < -0.4 is 0 Å². The Kier molecular flexibility index (Phi) is 6.08. The Morgan fingerprint density at radius 1 is 1.38 bits per heavy atom. The number of rotatable bonds is 4. The van der Waals surface area contributed by atoms with Crippen LogP contribution in [0.25, 0.3) is 5.69 Å². The Bertz CT molecular complexity index is 877. The van der Waals surface area contributed by atoms with Gasteiger partial charge in [-0.25, -0.2) is 4.68 Å². The van der Waals surface area contributed by atoms with Gasteiger partial charge in [-0.2, -0.15) is 10.4 Å². The number of hydrogen-bond donors (Lipinski definition) is 0. The number of nitriles is 1. The van der Waals surface area contributed by atoms with Crippen LogP contribution in [0.5, 0.6) is 0 Å². The highest BCUT2D eigenvalue weighted by Crippen LogP contribution is 2.35. The lowest BCUT2D eigenvalue weighted by Crippen LogP contribution is -2.13. The predicted molar refractivity (Wildman–Crippen MR) is 89.7 cm³/mol. The molecular formula is C15H9Cl3N4O2. The van der Waals surface area contributed by atoms with Crippen molar-refractivity contribution >= 4 is 41.2 Å². The summed E-state index contributed by atoms with van der Waals surface area (Å²) >= 11 is 18.2. The summed E-state index contributed by atoms with van der Waals surface area (Å²) in [6, 6.07) is 7.72. The number of benzene rings is 1. The van der Waals surface area contributed by atoms with Crippen molar-refractivity contribution < 1.29 is 9.63 Å². The molecule has 2 rings (SSSR count). The van der Waals surface area contributed by atoms with Gasteiger partial charge in [0.15, 0.2) is 0 Å². The van der Waals surface area contributed by atoms with E-state index in [1.54, 1.807) is 12.1 Å². The quantitative estimate of drug-likeness (QED) is 0.267. The lowest BCUT2D eigenvalue weighted by atomic mass is 10.2. The normalized spacial score (nSPS) is 9.79. The second-order valence-electron chi connectivity index (χ2n) is 4.30. The molecule has 0 atom stereocenters. The van der Waals surface area contributed by atoms with E-state index in [2.05, 4.69) is 21.9 Å². The van der Waals surface area contributed by atoms with E-state index in [-0.39, 0.29) is 16.5 Å². The number of aromatic nitrogens is 2. The first-order valence-corrected chi connectivity index (χ1v) is 7.54. The lowest BCUT2D eigenvalue weighted by molar-refractivity contribution is -0.144. The average Bonchev–Trinajstić information content (AvgIpc) is 2.99. The minimum Gasteiger partial charge on any atom is -0.275 e. The Morgan fingerprint density at radius 2 is 2.12 bits per heavy atom. The topological polar surface area (TPSA) is 71.2 Å². The van der Waals surface area contributed by atoms with Crippen LogP contribution in [0.1, 0.15) is 11.3 Å². The highest BCUT2D eigenvalue weighted by molar-refractivity contribution is 6.48. The number of nitrogens with zero attached hydrogens (tertiary/aromatic N) is 4. The average molecular weight is 384 g/mol. The van der Waals surface area contributed by atoms with E-state index < -0.39 is 0 Å². The molecule has 122 valence electrons. The maximum absolute atomic E-state index is 10.6. The van der Waals surface area contributed by atoms with E-state index >= 15 is 0 Å². The van der Waals surface area contributed by atoms with Gasteiger partial charge in [-0.15, -0.1) is 5.06 Å². The first-order valence-electron chi connectivity index (χ1n) is 6.41. The number of hydroxylamine groups is 2. The molecule has 0 unspecified atom stereocenters. The fourth-order valence-corrected chi connectivity index (χ4v) is 2.45. The number of carbonyl (C=O) groups is 1. The molecule has 0 spiro atoms. The smallest absolute Gasteiger partial charge is 0.245 e. The first kappa shape index (κ1) is 18.1. The molecule has 0 aliphatic carbocycles. The second kappa shape index (κ2) is 8.05. The Morgan fingerprint density at radius 3 is 2.75 bits per heavy atom. The second-order valence-corrected chi connectivity index (χ2v) is 5.47. The highest BCUT2D eigenvalue weighted by Gasteiger charge is 2.16. The molecule has 0 aliphatic rings. The number of hydrogen-bond acceptors (Lipinski definition) is 4. The standard InChI is InChI=1S/C15H9Cl3N4O2/c1-24-21(9-23)6-2-3-12-10(7-19)8-20-22(12)13-5-4-11(16)14(17)15(13)18/h4-5,8-9H,3H2,1H3. The van der Waals surface area contributed by atoms with Gasteiger partial charge in [0.2, 0.25) is 6.41 Å². The van der Waals surface area contributed by atoms with Crippen molar-refractivity contribution in [1.82, 2.24) is 14.8 Å². The zero-order chi connectivity index (χ0) is 17.7. The molecule has 2 aromatic rings. The third-order valence-electron chi connectivity index (χ3n) is 2.97. The molecule has 0 N–H and O–H groups in total. The molecule has 1 heterocycles. The lowest BCUT2D eigenvalue weighted by Gasteiger charge is -2.10. The van der Waals surface area contributed by atoms with Gasteiger partial charge in [-0.3, -0.25) is 9.63 Å².